The number of likely N-dealkylation sites (tertiary alicyclic amines) is 1. The molecule has 2 N–H and O–H groups in total. The highest BCUT2D eigenvalue weighted by Gasteiger charge is 2.23. The second kappa shape index (κ2) is 5.25. The molecule has 1 aliphatic heterocycles. The van der Waals surface area contributed by atoms with E-state index >= 15 is 0 Å². The van der Waals surface area contributed by atoms with Gasteiger partial charge in [-0.25, -0.2) is 0 Å². The second-order valence-corrected chi connectivity index (χ2v) is 3.27. The molecule has 1 heterocycles. The van der Waals surface area contributed by atoms with Gasteiger partial charge in [-0.05, 0) is 20.3 Å². The molecule has 1 amide bonds. The summed E-state index contributed by atoms with van der Waals surface area (Å²) in [4.78, 5) is 13.3. The van der Waals surface area contributed by atoms with Crippen LogP contribution in [0.15, 0.2) is 11.6 Å². The average Bonchev–Trinajstić information content (AvgIpc) is 2.49. The third-order valence-electron chi connectivity index (χ3n) is 2.28. The van der Waals surface area contributed by atoms with Crippen molar-refractivity contribution in [2.24, 2.45) is 5.73 Å². The van der Waals surface area contributed by atoms with Crippen molar-refractivity contribution in [3.63, 3.8) is 0 Å². The molecule has 3 nitrogen and oxygen atoms in total. The van der Waals surface area contributed by atoms with E-state index in [2.05, 4.69) is 0 Å². The Morgan fingerprint density at radius 3 is 2.62 bits per heavy atom. The fourth-order valence-corrected chi connectivity index (χ4v) is 1.34. The zero-order valence-electron chi connectivity index (χ0n) is 8.12. The summed E-state index contributed by atoms with van der Waals surface area (Å²) >= 11 is 0. The zero-order chi connectivity index (χ0) is 9.14. The molecule has 0 aromatic heterocycles. The molecule has 1 fully saturated rings. The van der Waals surface area contributed by atoms with Gasteiger partial charge in [-0.2, -0.15) is 0 Å². The Kier molecular flexibility index (Phi) is 5.03. The van der Waals surface area contributed by atoms with E-state index in [1.54, 1.807) is 0 Å². The smallest absolute Gasteiger partial charge is 0.249 e. The third kappa shape index (κ3) is 3.01. The summed E-state index contributed by atoms with van der Waals surface area (Å²) in [5.41, 5.74) is 6.50. The molecule has 4 heteroatoms. The van der Waals surface area contributed by atoms with Crippen LogP contribution in [0, 0.1) is 0 Å². The normalized spacial score (nSPS) is 22.8. The van der Waals surface area contributed by atoms with Crippen LogP contribution in [0.1, 0.15) is 20.3 Å². The Balaban J connectivity index is 0.00000144. The minimum atomic E-state index is 0. The van der Waals surface area contributed by atoms with Crippen LogP contribution in [0.2, 0.25) is 0 Å². The Morgan fingerprint density at radius 1 is 1.62 bits per heavy atom. The van der Waals surface area contributed by atoms with E-state index in [1.807, 2.05) is 24.8 Å². The number of carbonyl (C=O) groups is 1. The first-order chi connectivity index (χ1) is 5.65. The van der Waals surface area contributed by atoms with Crippen LogP contribution in [0.25, 0.3) is 0 Å². The van der Waals surface area contributed by atoms with E-state index in [9.17, 15) is 4.79 Å². The van der Waals surface area contributed by atoms with E-state index in [1.165, 1.54) is 0 Å². The highest BCUT2D eigenvalue weighted by molar-refractivity contribution is 5.92. The quantitative estimate of drug-likeness (QED) is 0.647. The van der Waals surface area contributed by atoms with Gasteiger partial charge >= 0.3 is 0 Å². The lowest BCUT2D eigenvalue weighted by Gasteiger charge is -2.15. The maximum Gasteiger partial charge on any atom is 0.249 e. The van der Waals surface area contributed by atoms with E-state index in [0.717, 1.165) is 18.5 Å². The fourth-order valence-electron chi connectivity index (χ4n) is 1.34. The number of carbonyl (C=O) groups excluding carboxylic acids is 1. The van der Waals surface area contributed by atoms with Crippen LogP contribution >= 0.6 is 12.4 Å². The van der Waals surface area contributed by atoms with Gasteiger partial charge in [0, 0.05) is 24.7 Å². The van der Waals surface area contributed by atoms with Gasteiger partial charge < -0.3 is 10.6 Å². The van der Waals surface area contributed by atoms with Gasteiger partial charge in [-0.3, -0.25) is 4.79 Å². The van der Waals surface area contributed by atoms with Crippen molar-refractivity contribution >= 4 is 18.3 Å². The van der Waals surface area contributed by atoms with Crippen molar-refractivity contribution in [1.82, 2.24) is 4.90 Å². The lowest BCUT2D eigenvalue weighted by Crippen LogP contribution is -2.32. The summed E-state index contributed by atoms with van der Waals surface area (Å²) in [7, 11) is 0. The van der Waals surface area contributed by atoms with Crippen LogP contribution in [-0.2, 0) is 4.79 Å². The molecule has 1 rings (SSSR count). The summed E-state index contributed by atoms with van der Waals surface area (Å²) in [6.07, 6.45) is 2.77. The number of amides is 1. The van der Waals surface area contributed by atoms with Crippen molar-refractivity contribution < 1.29 is 4.79 Å². The Labute approximate surface area is 85.4 Å². The van der Waals surface area contributed by atoms with Gasteiger partial charge in [-0.1, -0.05) is 6.08 Å². The van der Waals surface area contributed by atoms with E-state index < -0.39 is 0 Å². The van der Waals surface area contributed by atoms with Gasteiger partial charge in [-0.15, -0.1) is 12.4 Å². The van der Waals surface area contributed by atoms with Crippen molar-refractivity contribution in [3.8, 4) is 0 Å². The highest BCUT2D eigenvalue weighted by Crippen LogP contribution is 2.10. The van der Waals surface area contributed by atoms with Crippen molar-refractivity contribution in [1.29, 1.82) is 0 Å². The van der Waals surface area contributed by atoms with Gasteiger partial charge in [0.05, 0.1) is 0 Å². The van der Waals surface area contributed by atoms with Gasteiger partial charge in [0.25, 0.3) is 0 Å². The van der Waals surface area contributed by atoms with Gasteiger partial charge in [0.2, 0.25) is 5.91 Å². The molecule has 0 saturated carbocycles. The van der Waals surface area contributed by atoms with Gasteiger partial charge in [0.15, 0.2) is 0 Å². The predicted molar refractivity (Wildman–Crippen MR) is 55.9 cm³/mol. The number of nitrogens with two attached hydrogens (primary N) is 1. The first kappa shape index (κ1) is 12.5. The first-order valence-corrected chi connectivity index (χ1v) is 4.33. The molecule has 0 unspecified atom stereocenters. The molecular weight excluding hydrogens is 188 g/mol. The molecule has 1 saturated heterocycles. The maximum absolute atomic E-state index is 11.5. The Bertz CT molecular complexity index is 216. The van der Waals surface area contributed by atoms with Crippen molar-refractivity contribution in [3.05, 3.63) is 11.6 Å². The molecule has 13 heavy (non-hydrogen) atoms. The monoisotopic (exact) mass is 204 g/mol. The van der Waals surface area contributed by atoms with E-state index in [4.69, 9.17) is 5.73 Å². The Hall–Kier alpha value is -0.540. The number of halogens is 1. The summed E-state index contributed by atoms with van der Waals surface area (Å²) < 4.78 is 0. The lowest BCUT2D eigenvalue weighted by molar-refractivity contribution is -0.126. The van der Waals surface area contributed by atoms with E-state index in [-0.39, 0.29) is 24.4 Å². The SMILES string of the molecule is C/C=C(/C)C(=O)N1CC[C@H](N)C1.Cl. The van der Waals surface area contributed by atoms with E-state index in [0.29, 0.717) is 6.54 Å². The van der Waals surface area contributed by atoms with Crippen LogP contribution in [0.4, 0.5) is 0 Å². The number of hydrogen-bond acceptors (Lipinski definition) is 2. The molecule has 1 atom stereocenters. The molecule has 0 spiro atoms. The standard InChI is InChI=1S/C9H16N2O.ClH/c1-3-7(2)9(12)11-5-4-8(10)6-11;/h3,8H,4-6,10H2,1-2H3;1H/b7-3-;/t8-;/m0./s1. The van der Waals surface area contributed by atoms with Gasteiger partial charge in [0.1, 0.15) is 0 Å². The fraction of sp³-hybridized carbons (Fsp3) is 0.667. The molecule has 0 bridgehead atoms. The highest BCUT2D eigenvalue weighted by atomic mass is 35.5. The lowest BCUT2D eigenvalue weighted by atomic mass is 10.2. The number of allylic oxidation sites excluding steroid dienone is 1. The van der Waals surface area contributed by atoms with Crippen LogP contribution in [0.5, 0.6) is 0 Å². The molecule has 1 aliphatic rings. The first-order valence-electron chi connectivity index (χ1n) is 4.33. The number of hydrogen-bond donors (Lipinski definition) is 1. The minimum absolute atomic E-state index is 0. The topological polar surface area (TPSA) is 46.3 Å². The summed E-state index contributed by atoms with van der Waals surface area (Å²) in [6.45, 7) is 5.24. The molecule has 0 radical (unpaired) electrons. The Morgan fingerprint density at radius 2 is 2.23 bits per heavy atom. The van der Waals surface area contributed by atoms with Crippen molar-refractivity contribution in [2.75, 3.05) is 13.1 Å². The molecule has 76 valence electrons. The predicted octanol–water partition coefficient (Wildman–Crippen LogP) is 0.934. The molecule has 0 aromatic carbocycles. The molecular formula is C9H17ClN2O. The molecule has 0 aliphatic carbocycles. The number of nitrogens with zero attached hydrogens (tertiary/aromatic N) is 1. The summed E-state index contributed by atoms with van der Waals surface area (Å²) in [5.74, 6) is 0.130. The second-order valence-electron chi connectivity index (χ2n) is 3.27. The molecule has 0 aromatic rings. The summed E-state index contributed by atoms with van der Waals surface area (Å²) in [6, 6.07) is 0.179. The maximum atomic E-state index is 11.5. The van der Waals surface area contributed by atoms with Crippen molar-refractivity contribution in [2.45, 2.75) is 26.3 Å². The number of rotatable bonds is 1. The summed E-state index contributed by atoms with van der Waals surface area (Å²) in [5, 5.41) is 0. The largest absolute Gasteiger partial charge is 0.337 e. The van der Waals surface area contributed by atoms with Crippen LogP contribution in [-0.4, -0.2) is 29.9 Å². The van der Waals surface area contributed by atoms with Crippen LogP contribution < -0.4 is 5.73 Å². The third-order valence-corrected chi connectivity index (χ3v) is 2.28. The zero-order valence-corrected chi connectivity index (χ0v) is 8.93. The minimum Gasteiger partial charge on any atom is -0.337 e. The van der Waals surface area contributed by atoms with Crippen LogP contribution in [0.3, 0.4) is 0 Å². The average molecular weight is 205 g/mol.